The van der Waals surface area contributed by atoms with Crippen LogP contribution in [-0.2, 0) is 20.7 Å². The van der Waals surface area contributed by atoms with E-state index < -0.39 is 11.2 Å². The number of hydrogen-bond acceptors (Lipinski definition) is 3. The largest absolute Gasteiger partial charge is 0.616 e. The van der Waals surface area contributed by atoms with E-state index in [0.29, 0.717) is 0 Å². The number of ether oxygens (including phenoxy) is 1. The predicted octanol–water partition coefficient (Wildman–Crippen LogP) is 7.09. The van der Waals surface area contributed by atoms with Crippen molar-refractivity contribution in [2.75, 3.05) is 5.75 Å². The van der Waals surface area contributed by atoms with Gasteiger partial charge in [-0.2, -0.15) is 0 Å². The highest BCUT2D eigenvalue weighted by Crippen LogP contribution is 2.28. The highest BCUT2D eigenvalue weighted by Gasteiger charge is 2.35. The van der Waals surface area contributed by atoms with E-state index in [1.54, 1.807) is 0 Å². The Balaban J connectivity index is 1.93. The Hall–Kier alpha value is -0.220. The molecule has 4 heteroatoms. The Morgan fingerprint density at radius 2 is 1.29 bits per heavy atom. The van der Waals surface area contributed by atoms with Gasteiger partial charge in [-0.3, -0.25) is 4.79 Å². The number of carbonyl (C=O) groups is 1. The third-order valence-electron chi connectivity index (χ3n) is 6.00. The molecule has 1 fully saturated rings. The molecular formula is C24H46O3S. The second kappa shape index (κ2) is 17.6. The predicted molar refractivity (Wildman–Crippen MR) is 121 cm³/mol. The lowest BCUT2D eigenvalue weighted by Crippen LogP contribution is -2.40. The van der Waals surface area contributed by atoms with Gasteiger partial charge in [0.15, 0.2) is 5.25 Å². The van der Waals surface area contributed by atoms with Gasteiger partial charge in [0.05, 0.1) is 0 Å². The number of carbonyl (C=O) groups excluding carboxylic acids is 1. The average Bonchev–Trinajstić information content (AvgIpc) is 2.68. The Morgan fingerprint density at radius 1 is 0.821 bits per heavy atom. The first kappa shape index (κ1) is 25.8. The van der Waals surface area contributed by atoms with E-state index in [-0.39, 0.29) is 17.3 Å². The Morgan fingerprint density at radius 3 is 1.79 bits per heavy atom. The first-order valence-electron chi connectivity index (χ1n) is 12.2. The number of hydrogen-bond donors (Lipinski definition) is 0. The van der Waals surface area contributed by atoms with Gasteiger partial charge in [0.2, 0.25) is 0 Å². The first-order valence-corrected chi connectivity index (χ1v) is 13.6. The van der Waals surface area contributed by atoms with Gasteiger partial charge in [-0.1, -0.05) is 84.0 Å². The first-order chi connectivity index (χ1) is 13.6. The SMILES string of the molecule is CCCCCCCCCCCCCCCC[S+]([O-])[C@H]1CCCCC1OC(C)=O. The maximum atomic E-state index is 12.6. The van der Waals surface area contributed by atoms with Gasteiger partial charge < -0.3 is 9.29 Å². The zero-order valence-electron chi connectivity index (χ0n) is 18.7. The molecule has 0 heterocycles. The van der Waals surface area contributed by atoms with Crippen LogP contribution in [0.1, 0.15) is 129 Å². The fourth-order valence-corrected chi connectivity index (χ4v) is 6.05. The quantitative estimate of drug-likeness (QED) is 0.145. The third-order valence-corrected chi connectivity index (χ3v) is 7.90. The Labute approximate surface area is 177 Å². The molecule has 0 aliphatic heterocycles. The van der Waals surface area contributed by atoms with Gasteiger partial charge >= 0.3 is 5.97 Å². The molecule has 0 saturated heterocycles. The molecule has 0 aromatic heterocycles. The van der Waals surface area contributed by atoms with Gasteiger partial charge in [-0.15, -0.1) is 0 Å². The minimum atomic E-state index is -0.846. The Kier molecular flexibility index (Phi) is 16.2. The number of esters is 1. The van der Waals surface area contributed by atoms with Crippen LogP contribution >= 0.6 is 0 Å². The minimum absolute atomic E-state index is 0.0691. The monoisotopic (exact) mass is 414 g/mol. The van der Waals surface area contributed by atoms with Crippen molar-refractivity contribution in [3.63, 3.8) is 0 Å². The van der Waals surface area contributed by atoms with Crippen molar-refractivity contribution in [2.24, 2.45) is 0 Å². The second-order valence-electron chi connectivity index (χ2n) is 8.65. The van der Waals surface area contributed by atoms with E-state index in [4.69, 9.17) is 4.74 Å². The van der Waals surface area contributed by atoms with Gasteiger partial charge in [0.25, 0.3) is 0 Å². The molecule has 1 aliphatic carbocycles. The molecule has 1 saturated carbocycles. The van der Waals surface area contributed by atoms with Crippen molar-refractivity contribution in [1.29, 1.82) is 0 Å². The van der Waals surface area contributed by atoms with E-state index in [2.05, 4.69) is 6.92 Å². The Bertz CT molecular complexity index is 375. The zero-order chi connectivity index (χ0) is 20.5. The van der Waals surface area contributed by atoms with Crippen molar-refractivity contribution in [3.05, 3.63) is 0 Å². The van der Waals surface area contributed by atoms with Crippen LogP contribution in [0.15, 0.2) is 0 Å². The molecule has 0 amide bonds. The molecule has 0 N–H and O–H groups in total. The normalized spacial score (nSPS) is 20.8. The minimum Gasteiger partial charge on any atom is -0.616 e. The van der Waals surface area contributed by atoms with E-state index in [1.165, 1.54) is 90.4 Å². The van der Waals surface area contributed by atoms with E-state index in [0.717, 1.165) is 37.9 Å². The summed E-state index contributed by atoms with van der Waals surface area (Å²) in [5.74, 6) is 0.547. The van der Waals surface area contributed by atoms with Gasteiger partial charge in [-0.05, 0) is 49.7 Å². The van der Waals surface area contributed by atoms with E-state index in [9.17, 15) is 9.35 Å². The summed E-state index contributed by atoms with van der Waals surface area (Å²) in [6.45, 7) is 3.74. The van der Waals surface area contributed by atoms with Crippen molar-refractivity contribution < 1.29 is 14.1 Å². The molecule has 3 atom stereocenters. The standard InChI is InChI=1S/C24H46O3S/c1-3-4-5-6-7-8-9-10-11-12-13-14-15-18-21-28(26)24-20-17-16-19-23(24)27-22(2)25/h23-24H,3-21H2,1-2H3/t23?,24-,28?/m0/s1. The number of unbranched alkanes of at least 4 members (excludes halogenated alkanes) is 13. The molecule has 28 heavy (non-hydrogen) atoms. The summed E-state index contributed by atoms with van der Waals surface area (Å²) >= 11 is -0.846. The molecule has 3 nitrogen and oxygen atoms in total. The maximum absolute atomic E-state index is 12.6. The second-order valence-corrected chi connectivity index (χ2v) is 10.4. The van der Waals surface area contributed by atoms with Crippen LogP contribution in [0, 0.1) is 0 Å². The lowest BCUT2D eigenvalue weighted by Gasteiger charge is -2.32. The molecule has 0 aromatic carbocycles. The highest BCUT2D eigenvalue weighted by atomic mass is 32.2. The summed E-state index contributed by atoms with van der Waals surface area (Å²) < 4.78 is 18.0. The lowest BCUT2D eigenvalue weighted by atomic mass is 9.97. The number of rotatable bonds is 17. The van der Waals surface area contributed by atoms with Crippen molar-refractivity contribution in [1.82, 2.24) is 0 Å². The summed E-state index contributed by atoms with van der Waals surface area (Å²) in [6.07, 6.45) is 22.7. The van der Waals surface area contributed by atoms with Crippen molar-refractivity contribution in [3.8, 4) is 0 Å². The molecule has 1 aliphatic rings. The van der Waals surface area contributed by atoms with Crippen molar-refractivity contribution in [2.45, 2.75) is 141 Å². The van der Waals surface area contributed by atoms with E-state index in [1.807, 2.05) is 0 Å². The van der Waals surface area contributed by atoms with Gasteiger partial charge in [0, 0.05) is 6.92 Å². The molecule has 0 bridgehead atoms. The van der Waals surface area contributed by atoms with Crippen LogP contribution in [0.5, 0.6) is 0 Å². The van der Waals surface area contributed by atoms with Crippen LogP contribution in [0.4, 0.5) is 0 Å². The van der Waals surface area contributed by atoms with Crippen LogP contribution in [0.25, 0.3) is 0 Å². The summed E-state index contributed by atoms with van der Waals surface area (Å²) in [5, 5.41) is 0.0691. The smallest absolute Gasteiger partial charge is 0.303 e. The fraction of sp³-hybridized carbons (Fsp3) is 0.958. The molecule has 0 radical (unpaired) electrons. The molecule has 166 valence electrons. The van der Waals surface area contributed by atoms with Crippen LogP contribution < -0.4 is 0 Å². The summed E-state index contributed by atoms with van der Waals surface area (Å²) in [4.78, 5) is 11.3. The van der Waals surface area contributed by atoms with Crippen LogP contribution in [-0.4, -0.2) is 27.6 Å². The average molecular weight is 415 g/mol. The van der Waals surface area contributed by atoms with E-state index >= 15 is 0 Å². The van der Waals surface area contributed by atoms with Crippen LogP contribution in [0.3, 0.4) is 0 Å². The summed E-state index contributed by atoms with van der Waals surface area (Å²) in [7, 11) is 0. The van der Waals surface area contributed by atoms with Crippen molar-refractivity contribution >= 4 is 17.1 Å². The zero-order valence-corrected chi connectivity index (χ0v) is 19.5. The topological polar surface area (TPSA) is 49.4 Å². The molecule has 0 aromatic rings. The third kappa shape index (κ3) is 13.1. The van der Waals surface area contributed by atoms with Crippen LogP contribution in [0.2, 0.25) is 0 Å². The molecule has 1 rings (SSSR count). The maximum Gasteiger partial charge on any atom is 0.303 e. The van der Waals surface area contributed by atoms with Gasteiger partial charge in [-0.25, -0.2) is 0 Å². The molecule has 2 unspecified atom stereocenters. The lowest BCUT2D eigenvalue weighted by molar-refractivity contribution is -0.147. The summed E-state index contributed by atoms with van der Waals surface area (Å²) in [6, 6.07) is 0. The fourth-order valence-electron chi connectivity index (χ4n) is 4.30. The summed E-state index contributed by atoms with van der Waals surface area (Å²) in [5.41, 5.74) is 0. The highest BCUT2D eigenvalue weighted by molar-refractivity contribution is 7.92. The molecule has 0 spiro atoms. The van der Waals surface area contributed by atoms with Gasteiger partial charge in [0.1, 0.15) is 11.9 Å². The molecular weight excluding hydrogens is 368 g/mol.